The summed E-state index contributed by atoms with van der Waals surface area (Å²) in [4.78, 5) is 0. The molecule has 2 nitrogen and oxygen atoms in total. The second-order valence-corrected chi connectivity index (χ2v) is 3.89. The number of rotatable bonds is 4. The van der Waals surface area contributed by atoms with Crippen LogP contribution >= 0.6 is 0 Å². The summed E-state index contributed by atoms with van der Waals surface area (Å²) >= 11 is 0. The van der Waals surface area contributed by atoms with Crippen LogP contribution in [0.4, 0.5) is 10.1 Å². The van der Waals surface area contributed by atoms with E-state index in [1.165, 1.54) is 6.07 Å². The van der Waals surface area contributed by atoms with Crippen molar-refractivity contribution in [3.8, 4) is 0 Å². The van der Waals surface area contributed by atoms with Crippen molar-refractivity contribution < 1.29 is 4.39 Å². The second-order valence-electron chi connectivity index (χ2n) is 3.89. The van der Waals surface area contributed by atoms with Crippen molar-refractivity contribution in [3.63, 3.8) is 0 Å². The zero-order valence-corrected chi connectivity index (χ0v) is 9.49. The van der Waals surface area contributed by atoms with Crippen molar-refractivity contribution in [2.45, 2.75) is 13.1 Å². The van der Waals surface area contributed by atoms with Crippen LogP contribution in [0.5, 0.6) is 0 Å². The first-order valence-electron chi connectivity index (χ1n) is 5.55. The van der Waals surface area contributed by atoms with Crippen LogP contribution in [0.15, 0.2) is 48.5 Å². The van der Waals surface area contributed by atoms with Gasteiger partial charge in [-0.1, -0.05) is 36.4 Å². The Hall–Kier alpha value is -1.87. The molecule has 0 saturated carbocycles. The van der Waals surface area contributed by atoms with Gasteiger partial charge in [0, 0.05) is 24.3 Å². The van der Waals surface area contributed by atoms with Crippen LogP contribution in [0.3, 0.4) is 0 Å². The first-order chi connectivity index (χ1) is 8.27. The highest BCUT2D eigenvalue weighted by molar-refractivity contribution is 5.46. The summed E-state index contributed by atoms with van der Waals surface area (Å²) in [5.74, 6) is -0.180. The summed E-state index contributed by atoms with van der Waals surface area (Å²) in [5, 5.41) is 3.18. The molecule has 2 aromatic carbocycles. The molecule has 0 fully saturated rings. The number of nitrogens with one attached hydrogen (secondary N) is 1. The third-order valence-electron chi connectivity index (χ3n) is 2.64. The average molecular weight is 230 g/mol. The van der Waals surface area contributed by atoms with Gasteiger partial charge >= 0.3 is 0 Å². The Morgan fingerprint density at radius 2 is 1.47 bits per heavy atom. The van der Waals surface area contributed by atoms with E-state index in [1.807, 2.05) is 30.3 Å². The highest BCUT2D eigenvalue weighted by Crippen LogP contribution is 2.11. The van der Waals surface area contributed by atoms with Crippen LogP contribution in [0.2, 0.25) is 0 Å². The normalized spacial score (nSPS) is 10.4. The highest BCUT2D eigenvalue weighted by atomic mass is 19.1. The lowest BCUT2D eigenvalue weighted by Crippen LogP contribution is -2.14. The van der Waals surface area contributed by atoms with E-state index >= 15 is 0 Å². The molecule has 0 atom stereocenters. The molecule has 0 aliphatic carbocycles. The first-order valence-corrected chi connectivity index (χ1v) is 5.55. The summed E-state index contributed by atoms with van der Waals surface area (Å²) in [6.45, 7) is 1.14. The molecular formula is C14H15FN2. The third kappa shape index (κ3) is 3.04. The number of hydrogen-bond donors (Lipinski definition) is 2. The topological polar surface area (TPSA) is 38.0 Å². The molecule has 2 rings (SSSR count). The zero-order valence-electron chi connectivity index (χ0n) is 9.49. The van der Waals surface area contributed by atoms with Crippen LogP contribution in [-0.4, -0.2) is 0 Å². The van der Waals surface area contributed by atoms with Gasteiger partial charge in [0.1, 0.15) is 5.82 Å². The number of nitrogen functional groups attached to an aromatic ring is 1. The maximum Gasteiger partial charge on any atom is 0.127 e. The van der Waals surface area contributed by atoms with Gasteiger partial charge in [0.05, 0.1) is 0 Å². The summed E-state index contributed by atoms with van der Waals surface area (Å²) in [6.07, 6.45) is 0. The van der Waals surface area contributed by atoms with Gasteiger partial charge in [0.2, 0.25) is 0 Å². The van der Waals surface area contributed by atoms with Crippen LogP contribution in [0.1, 0.15) is 11.1 Å². The Kier molecular flexibility index (Phi) is 3.73. The molecule has 0 aliphatic heterocycles. The highest BCUT2D eigenvalue weighted by Gasteiger charge is 2.01. The maximum atomic E-state index is 13.3. The van der Waals surface area contributed by atoms with Gasteiger partial charge in [-0.15, -0.1) is 0 Å². The van der Waals surface area contributed by atoms with Gasteiger partial charge in [0.25, 0.3) is 0 Å². The molecular weight excluding hydrogens is 215 g/mol. The maximum absolute atomic E-state index is 13.3. The molecule has 0 aliphatic rings. The lowest BCUT2D eigenvalue weighted by atomic mass is 10.1. The largest absolute Gasteiger partial charge is 0.398 e. The fourth-order valence-electron chi connectivity index (χ4n) is 1.67. The zero-order chi connectivity index (χ0) is 12.1. The minimum atomic E-state index is -0.180. The van der Waals surface area contributed by atoms with Crippen molar-refractivity contribution in [1.82, 2.24) is 5.32 Å². The first kappa shape index (κ1) is 11.6. The number of halogens is 1. The summed E-state index contributed by atoms with van der Waals surface area (Å²) in [7, 11) is 0. The molecule has 3 N–H and O–H groups in total. The van der Waals surface area contributed by atoms with E-state index in [-0.39, 0.29) is 5.82 Å². The standard InChI is InChI=1S/C14H15FN2/c15-13-7-3-1-5-11(13)9-17-10-12-6-2-4-8-14(12)16/h1-8,17H,9-10,16H2. The lowest BCUT2D eigenvalue weighted by Gasteiger charge is -2.08. The van der Waals surface area contributed by atoms with Gasteiger partial charge < -0.3 is 11.1 Å². The molecule has 17 heavy (non-hydrogen) atoms. The van der Waals surface area contributed by atoms with Gasteiger partial charge in [-0.3, -0.25) is 0 Å². The van der Waals surface area contributed by atoms with Crippen LogP contribution < -0.4 is 11.1 Å². The van der Waals surface area contributed by atoms with Crippen LogP contribution in [0.25, 0.3) is 0 Å². The van der Waals surface area contributed by atoms with Crippen molar-refractivity contribution in [2.24, 2.45) is 0 Å². The molecule has 88 valence electrons. The van der Waals surface area contributed by atoms with Gasteiger partial charge in [-0.25, -0.2) is 4.39 Å². The summed E-state index contributed by atoms with van der Waals surface area (Å²) in [6, 6.07) is 14.4. The molecule has 0 amide bonds. The van der Waals surface area contributed by atoms with Gasteiger partial charge in [-0.2, -0.15) is 0 Å². The fraction of sp³-hybridized carbons (Fsp3) is 0.143. The number of hydrogen-bond acceptors (Lipinski definition) is 2. The van der Waals surface area contributed by atoms with Crippen molar-refractivity contribution in [2.75, 3.05) is 5.73 Å². The molecule has 0 heterocycles. The van der Waals surface area contributed by atoms with Crippen molar-refractivity contribution in [3.05, 3.63) is 65.5 Å². The summed E-state index contributed by atoms with van der Waals surface area (Å²) in [5.41, 5.74) is 8.27. The Balaban J connectivity index is 1.93. The predicted octanol–water partition coefficient (Wildman–Crippen LogP) is 2.70. The van der Waals surface area contributed by atoms with E-state index in [0.717, 1.165) is 11.3 Å². The molecule has 0 spiro atoms. The van der Waals surface area contributed by atoms with E-state index < -0.39 is 0 Å². The number of nitrogens with two attached hydrogens (primary N) is 1. The van der Waals surface area contributed by atoms with E-state index in [2.05, 4.69) is 5.32 Å². The number of para-hydroxylation sites is 1. The van der Waals surface area contributed by atoms with Crippen LogP contribution in [-0.2, 0) is 13.1 Å². The average Bonchev–Trinajstić information content (AvgIpc) is 2.34. The van der Waals surface area contributed by atoms with Crippen molar-refractivity contribution in [1.29, 1.82) is 0 Å². The van der Waals surface area contributed by atoms with E-state index in [4.69, 9.17) is 5.73 Å². The van der Waals surface area contributed by atoms with E-state index in [1.54, 1.807) is 12.1 Å². The fourth-order valence-corrected chi connectivity index (χ4v) is 1.67. The Morgan fingerprint density at radius 3 is 2.18 bits per heavy atom. The lowest BCUT2D eigenvalue weighted by molar-refractivity contribution is 0.588. The second kappa shape index (κ2) is 5.46. The Bertz CT molecular complexity index is 452. The number of benzene rings is 2. The Morgan fingerprint density at radius 1 is 0.882 bits per heavy atom. The molecule has 3 heteroatoms. The minimum absolute atomic E-state index is 0.180. The minimum Gasteiger partial charge on any atom is -0.398 e. The quantitative estimate of drug-likeness (QED) is 0.792. The van der Waals surface area contributed by atoms with E-state index in [9.17, 15) is 4.39 Å². The number of anilines is 1. The SMILES string of the molecule is Nc1ccccc1CNCc1ccccc1F. The molecule has 0 bridgehead atoms. The third-order valence-corrected chi connectivity index (χ3v) is 2.64. The molecule has 2 aromatic rings. The predicted molar refractivity (Wildman–Crippen MR) is 67.8 cm³/mol. The van der Waals surface area contributed by atoms with Gasteiger partial charge in [-0.05, 0) is 17.7 Å². The summed E-state index contributed by atoms with van der Waals surface area (Å²) < 4.78 is 13.3. The monoisotopic (exact) mass is 230 g/mol. The van der Waals surface area contributed by atoms with E-state index in [0.29, 0.717) is 18.7 Å². The molecule has 0 saturated heterocycles. The van der Waals surface area contributed by atoms with Crippen molar-refractivity contribution >= 4 is 5.69 Å². The molecule has 0 radical (unpaired) electrons. The Labute approximate surface area is 100 Å². The smallest absolute Gasteiger partial charge is 0.127 e. The molecule has 0 unspecified atom stereocenters. The van der Waals surface area contributed by atoms with Gasteiger partial charge in [0.15, 0.2) is 0 Å². The van der Waals surface area contributed by atoms with Crippen LogP contribution in [0, 0.1) is 5.82 Å². The molecule has 0 aromatic heterocycles.